The van der Waals surface area contributed by atoms with Crippen LogP contribution in [0.4, 0.5) is 11.5 Å². The van der Waals surface area contributed by atoms with Gasteiger partial charge in [-0.1, -0.05) is 6.07 Å². The first-order valence-corrected chi connectivity index (χ1v) is 9.93. The number of fused-ring (bicyclic) bond motifs is 1. The Morgan fingerprint density at radius 1 is 1.22 bits per heavy atom. The van der Waals surface area contributed by atoms with Crippen LogP contribution >= 0.6 is 0 Å². The van der Waals surface area contributed by atoms with Gasteiger partial charge in [-0.3, -0.25) is 0 Å². The molecule has 1 aromatic heterocycles. The van der Waals surface area contributed by atoms with Crippen molar-refractivity contribution < 1.29 is 5.11 Å². The van der Waals surface area contributed by atoms with E-state index in [9.17, 15) is 10.4 Å². The van der Waals surface area contributed by atoms with Crippen molar-refractivity contribution in [1.82, 2.24) is 9.78 Å². The summed E-state index contributed by atoms with van der Waals surface area (Å²) in [6.07, 6.45) is 4.35. The number of aliphatic hydroxyl groups is 1. The largest absolute Gasteiger partial charge is 0.393 e. The Kier molecular flexibility index (Phi) is 4.47. The van der Waals surface area contributed by atoms with E-state index < -0.39 is 0 Å². The fourth-order valence-corrected chi connectivity index (χ4v) is 4.39. The number of nitrogens with zero attached hydrogens (tertiary/aromatic N) is 3. The molecule has 1 unspecified atom stereocenters. The predicted molar refractivity (Wildman–Crippen MR) is 106 cm³/mol. The molecule has 0 spiro atoms. The molecule has 1 fully saturated rings. The van der Waals surface area contributed by atoms with Crippen LogP contribution in [-0.2, 0) is 12.0 Å². The second kappa shape index (κ2) is 6.69. The fourth-order valence-electron chi connectivity index (χ4n) is 4.39. The normalized spacial score (nSPS) is 24.6. The number of nitrogens with one attached hydrogen (secondary N) is 1. The van der Waals surface area contributed by atoms with E-state index in [0.717, 1.165) is 54.9 Å². The standard InChI is InChI=1S/C22H28N4O/c1-22(2,3)26-21(12-20(25-26)15-7-9-18(27)10-15)24-17-8-6-14-4-5-16(13-23)19(14)11-17/h6,8,11-12,15-16,18,24,27H,4-5,7,9-10H2,1-3H3/t15-,16?,18+/m0/s1. The van der Waals surface area contributed by atoms with Crippen molar-refractivity contribution in [2.24, 2.45) is 0 Å². The molecule has 3 atom stereocenters. The number of aryl methyl sites for hydroxylation is 1. The molecule has 0 radical (unpaired) electrons. The van der Waals surface area contributed by atoms with Crippen LogP contribution in [0.5, 0.6) is 0 Å². The maximum absolute atomic E-state index is 9.89. The lowest BCUT2D eigenvalue weighted by Gasteiger charge is -2.23. The highest BCUT2D eigenvalue weighted by Crippen LogP contribution is 2.38. The number of benzene rings is 1. The van der Waals surface area contributed by atoms with E-state index >= 15 is 0 Å². The first-order valence-electron chi connectivity index (χ1n) is 9.93. The SMILES string of the molecule is CC(C)(C)n1nc([C@H]2CC[C@@H](O)C2)cc1Nc1ccc2c(c1)C(C#N)CC2. The summed E-state index contributed by atoms with van der Waals surface area (Å²) in [6, 6.07) is 10.9. The molecular weight excluding hydrogens is 336 g/mol. The molecule has 27 heavy (non-hydrogen) atoms. The number of nitriles is 1. The van der Waals surface area contributed by atoms with Crippen molar-refractivity contribution in [3.05, 3.63) is 41.1 Å². The summed E-state index contributed by atoms with van der Waals surface area (Å²) in [5, 5.41) is 27.7. The number of hydrogen-bond donors (Lipinski definition) is 2. The molecule has 2 N–H and O–H groups in total. The average molecular weight is 364 g/mol. The lowest BCUT2D eigenvalue weighted by atomic mass is 10.0. The van der Waals surface area contributed by atoms with Gasteiger partial charge in [0, 0.05) is 17.7 Å². The first-order chi connectivity index (χ1) is 12.8. The Labute approximate surface area is 161 Å². The summed E-state index contributed by atoms with van der Waals surface area (Å²) in [7, 11) is 0. The molecule has 5 heteroatoms. The van der Waals surface area contributed by atoms with E-state index in [2.05, 4.69) is 56.4 Å². The Morgan fingerprint density at radius 3 is 2.70 bits per heavy atom. The van der Waals surface area contributed by atoms with E-state index in [1.165, 1.54) is 5.56 Å². The zero-order valence-electron chi connectivity index (χ0n) is 16.4. The van der Waals surface area contributed by atoms with Gasteiger partial charge in [-0.25, -0.2) is 4.68 Å². The third kappa shape index (κ3) is 3.46. The number of rotatable bonds is 3. The Hall–Kier alpha value is -2.32. The van der Waals surface area contributed by atoms with Gasteiger partial charge in [0.2, 0.25) is 0 Å². The van der Waals surface area contributed by atoms with Crippen molar-refractivity contribution in [3.8, 4) is 6.07 Å². The summed E-state index contributed by atoms with van der Waals surface area (Å²) in [4.78, 5) is 0. The van der Waals surface area contributed by atoms with Gasteiger partial charge in [0.15, 0.2) is 0 Å². The van der Waals surface area contributed by atoms with Crippen molar-refractivity contribution in [2.45, 2.75) is 76.4 Å². The third-order valence-corrected chi connectivity index (χ3v) is 5.84. The van der Waals surface area contributed by atoms with Crippen LogP contribution in [0, 0.1) is 11.3 Å². The van der Waals surface area contributed by atoms with E-state index in [0.29, 0.717) is 5.92 Å². The molecular formula is C22H28N4O. The van der Waals surface area contributed by atoms with Gasteiger partial charge < -0.3 is 10.4 Å². The minimum atomic E-state index is -0.203. The molecule has 0 aliphatic heterocycles. The fraction of sp³-hybridized carbons (Fsp3) is 0.545. The topological polar surface area (TPSA) is 73.9 Å². The second-order valence-electron chi connectivity index (χ2n) is 8.96. The zero-order valence-corrected chi connectivity index (χ0v) is 16.4. The smallest absolute Gasteiger partial charge is 0.129 e. The van der Waals surface area contributed by atoms with Gasteiger partial charge in [-0.2, -0.15) is 10.4 Å². The Balaban J connectivity index is 1.65. The third-order valence-electron chi connectivity index (χ3n) is 5.84. The number of aromatic nitrogens is 2. The van der Waals surface area contributed by atoms with Crippen LogP contribution in [0.2, 0.25) is 0 Å². The molecule has 2 aliphatic carbocycles. The highest BCUT2D eigenvalue weighted by atomic mass is 16.3. The summed E-state index contributed by atoms with van der Waals surface area (Å²) in [5.74, 6) is 1.29. The molecule has 142 valence electrons. The summed E-state index contributed by atoms with van der Waals surface area (Å²) < 4.78 is 2.04. The minimum absolute atomic E-state index is 0.00446. The number of aliphatic hydroxyl groups excluding tert-OH is 1. The number of hydrogen-bond acceptors (Lipinski definition) is 4. The lowest BCUT2D eigenvalue weighted by molar-refractivity contribution is 0.181. The highest BCUT2D eigenvalue weighted by molar-refractivity contribution is 5.61. The zero-order chi connectivity index (χ0) is 19.2. The molecule has 1 aromatic carbocycles. The van der Waals surface area contributed by atoms with E-state index in [1.54, 1.807) is 0 Å². The van der Waals surface area contributed by atoms with Crippen LogP contribution in [0.25, 0.3) is 0 Å². The van der Waals surface area contributed by atoms with E-state index in [-0.39, 0.29) is 17.6 Å². The maximum atomic E-state index is 9.89. The lowest BCUT2D eigenvalue weighted by Crippen LogP contribution is -2.24. The monoisotopic (exact) mass is 364 g/mol. The summed E-state index contributed by atoms with van der Waals surface area (Å²) in [6.45, 7) is 6.44. The molecule has 0 bridgehead atoms. The Bertz CT molecular complexity index is 887. The quantitative estimate of drug-likeness (QED) is 0.837. The molecule has 1 saturated carbocycles. The molecule has 2 aliphatic rings. The maximum Gasteiger partial charge on any atom is 0.129 e. The van der Waals surface area contributed by atoms with Crippen LogP contribution in [-0.4, -0.2) is 21.0 Å². The van der Waals surface area contributed by atoms with Crippen molar-refractivity contribution in [3.63, 3.8) is 0 Å². The van der Waals surface area contributed by atoms with Crippen molar-refractivity contribution in [1.29, 1.82) is 5.26 Å². The molecule has 0 saturated heterocycles. The van der Waals surface area contributed by atoms with Gasteiger partial charge in [-0.05, 0) is 76.1 Å². The molecule has 4 rings (SSSR count). The highest BCUT2D eigenvalue weighted by Gasteiger charge is 2.29. The first kappa shape index (κ1) is 18.1. The summed E-state index contributed by atoms with van der Waals surface area (Å²) in [5.41, 5.74) is 4.35. The molecule has 5 nitrogen and oxygen atoms in total. The van der Waals surface area contributed by atoms with Gasteiger partial charge in [0.25, 0.3) is 0 Å². The second-order valence-corrected chi connectivity index (χ2v) is 8.96. The van der Waals surface area contributed by atoms with Crippen LogP contribution < -0.4 is 5.32 Å². The van der Waals surface area contributed by atoms with Crippen LogP contribution in [0.3, 0.4) is 0 Å². The molecule has 2 aromatic rings. The van der Waals surface area contributed by atoms with E-state index in [4.69, 9.17) is 5.10 Å². The van der Waals surface area contributed by atoms with Crippen molar-refractivity contribution >= 4 is 11.5 Å². The van der Waals surface area contributed by atoms with E-state index in [1.807, 2.05) is 4.68 Å². The van der Waals surface area contributed by atoms with Gasteiger partial charge in [0.1, 0.15) is 5.82 Å². The molecule has 1 heterocycles. The molecule has 0 amide bonds. The number of anilines is 2. The average Bonchev–Trinajstić information content (AvgIpc) is 3.31. The van der Waals surface area contributed by atoms with Gasteiger partial charge in [0.05, 0.1) is 29.3 Å². The Morgan fingerprint density at radius 2 is 2.04 bits per heavy atom. The van der Waals surface area contributed by atoms with Crippen LogP contribution in [0.1, 0.15) is 75.1 Å². The minimum Gasteiger partial charge on any atom is -0.393 e. The van der Waals surface area contributed by atoms with Crippen molar-refractivity contribution in [2.75, 3.05) is 5.32 Å². The van der Waals surface area contributed by atoms with Gasteiger partial charge in [-0.15, -0.1) is 0 Å². The van der Waals surface area contributed by atoms with Gasteiger partial charge >= 0.3 is 0 Å². The van der Waals surface area contributed by atoms with Crippen LogP contribution in [0.15, 0.2) is 24.3 Å². The summed E-state index contributed by atoms with van der Waals surface area (Å²) >= 11 is 0. The predicted octanol–water partition coefficient (Wildman–Crippen LogP) is 4.56.